The molecule has 0 saturated heterocycles. The van der Waals surface area contributed by atoms with Crippen molar-refractivity contribution in [1.29, 1.82) is 0 Å². The van der Waals surface area contributed by atoms with Gasteiger partial charge in [0.05, 0.1) is 5.56 Å². The van der Waals surface area contributed by atoms with Crippen LogP contribution < -0.4 is 5.73 Å². The van der Waals surface area contributed by atoms with E-state index in [1.807, 2.05) is 54.6 Å². The van der Waals surface area contributed by atoms with Crippen molar-refractivity contribution in [2.45, 2.75) is 6.54 Å². The monoisotopic (exact) mass is 358 g/mol. The molecule has 134 valence electrons. The van der Waals surface area contributed by atoms with Crippen molar-refractivity contribution in [3.05, 3.63) is 71.8 Å². The van der Waals surface area contributed by atoms with E-state index >= 15 is 0 Å². The van der Waals surface area contributed by atoms with Crippen LogP contribution >= 0.6 is 0 Å². The van der Waals surface area contributed by atoms with Gasteiger partial charge in [-0.2, -0.15) is 0 Å². The Hall–Kier alpha value is -3.51. The number of aromatic carboxylic acids is 1. The third kappa shape index (κ3) is 3.07. The van der Waals surface area contributed by atoms with E-state index in [0.717, 1.165) is 27.8 Å². The SMILES string of the molecule is Cn1nnc2cc(-c3ccc(-c4ccc(CN)cc4)cc3)cc(C(=O)O)c21. The van der Waals surface area contributed by atoms with Crippen molar-refractivity contribution in [1.82, 2.24) is 15.0 Å². The van der Waals surface area contributed by atoms with Crippen LogP contribution in [0.5, 0.6) is 0 Å². The Labute approximate surface area is 155 Å². The average molecular weight is 358 g/mol. The highest BCUT2D eigenvalue weighted by Crippen LogP contribution is 2.29. The summed E-state index contributed by atoms with van der Waals surface area (Å²) in [7, 11) is 1.69. The van der Waals surface area contributed by atoms with Gasteiger partial charge in [0.2, 0.25) is 0 Å². The highest BCUT2D eigenvalue weighted by molar-refractivity contribution is 6.03. The number of nitrogens with zero attached hydrogens (tertiary/aromatic N) is 3. The van der Waals surface area contributed by atoms with Gasteiger partial charge in [0.1, 0.15) is 11.0 Å². The van der Waals surface area contributed by atoms with Crippen molar-refractivity contribution in [2.24, 2.45) is 12.8 Å². The van der Waals surface area contributed by atoms with E-state index in [-0.39, 0.29) is 5.56 Å². The summed E-state index contributed by atoms with van der Waals surface area (Å²) < 4.78 is 1.48. The van der Waals surface area contributed by atoms with Crippen LogP contribution in [0.15, 0.2) is 60.7 Å². The molecular formula is C21H18N4O2. The standard InChI is InChI=1S/C21H18N4O2/c1-25-20-18(21(26)27)10-17(11-19(20)23-24-25)16-8-6-15(7-9-16)14-4-2-13(12-22)3-5-14/h2-11H,12,22H2,1H3,(H,26,27). The third-order valence-electron chi connectivity index (χ3n) is 4.67. The molecule has 0 atom stereocenters. The van der Waals surface area contributed by atoms with E-state index in [0.29, 0.717) is 17.6 Å². The van der Waals surface area contributed by atoms with E-state index in [1.54, 1.807) is 13.1 Å². The first-order valence-corrected chi connectivity index (χ1v) is 8.53. The summed E-state index contributed by atoms with van der Waals surface area (Å²) in [6, 6.07) is 19.7. The number of aromatic nitrogens is 3. The van der Waals surface area contributed by atoms with E-state index in [4.69, 9.17) is 5.73 Å². The quantitative estimate of drug-likeness (QED) is 0.583. The second kappa shape index (κ2) is 6.66. The Morgan fingerprint density at radius 3 is 2.07 bits per heavy atom. The highest BCUT2D eigenvalue weighted by Gasteiger charge is 2.16. The molecule has 4 rings (SSSR count). The molecule has 6 heteroatoms. The lowest BCUT2D eigenvalue weighted by molar-refractivity contribution is 0.0698. The zero-order valence-electron chi connectivity index (χ0n) is 14.8. The number of hydrogen-bond donors (Lipinski definition) is 2. The maximum absolute atomic E-state index is 11.7. The lowest BCUT2D eigenvalue weighted by Crippen LogP contribution is -2.02. The normalized spacial score (nSPS) is 11.0. The molecule has 0 fully saturated rings. The molecule has 0 aliphatic carbocycles. The van der Waals surface area contributed by atoms with Crippen LogP contribution in [-0.4, -0.2) is 26.1 Å². The van der Waals surface area contributed by atoms with E-state index in [1.165, 1.54) is 4.68 Å². The largest absolute Gasteiger partial charge is 0.478 e. The number of aryl methyl sites for hydroxylation is 1. The summed E-state index contributed by atoms with van der Waals surface area (Å²) in [6.45, 7) is 0.524. The number of rotatable bonds is 4. The number of nitrogens with two attached hydrogens (primary N) is 1. The molecule has 1 aromatic heterocycles. The Kier molecular flexibility index (Phi) is 4.18. The van der Waals surface area contributed by atoms with Gasteiger partial charge in [0, 0.05) is 13.6 Å². The summed E-state index contributed by atoms with van der Waals surface area (Å²) in [4.78, 5) is 11.7. The molecule has 0 spiro atoms. The van der Waals surface area contributed by atoms with Gasteiger partial charge >= 0.3 is 5.97 Å². The fourth-order valence-electron chi connectivity index (χ4n) is 3.21. The summed E-state index contributed by atoms with van der Waals surface area (Å²) in [5.41, 5.74) is 11.9. The molecular weight excluding hydrogens is 340 g/mol. The van der Waals surface area contributed by atoms with Crippen molar-refractivity contribution in [3.63, 3.8) is 0 Å². The van der Waals surface area contributed by atoms with Crippen LogP contribution in [-0.2, 0) is 13.6 Å². The van der Waals surface area contributed by atoms with E-state index in [2.05, 4.69) is 10.3 Å². The Morgan fingerprint density at radius 1 is 0.963 bits per heavy atom. The molecule has 6 nitrogen and oxygen atoms in total. The fraction of sp³-hybridized carbons (Fsp3) is 0.0952. The van der Waals surface area contributed by atoms with Gasteiger partial charge in [0.25, 0.3) is 0 Å². The molecule has 0 saturated carbocycles. The molecule has 0 unspecified atom stereocenters. The molecule has 4 aromatic rings. The number of carboxylic acids is 1. The van der Waals surface area contributed by atoms with Gasteiger partial charge < -0.3 is 10.8 Å². The summed E-state index contributed by atoms with van der Waals surface area (Å²) in [5, 5.41) is 17.6. The topological polar surface area (TPSA) is 94.0 Å². The zero-order valence-corrected chi connectivity index (χ0v) is 14.8. The molecule has 3 N–H and O–H groups in total. The fourth-order valence-corrected chi connectivity index (χ4v) is 3.21. The molecule has 0 radical (unpaired) electrons. The summed E-state index contributed by atoms with van der Waals surface area (Å²) >= 11 is 0. The molecule has 1 heterocycles. The van der Waals surface area contributed by atoms with Gasteiger partial charge in [-0.15, -0.1) is 5.10 Å². The predicted octanol–water partition coefficient (Wildman–Crippen LogP) is 3.46. The maximum atomic E-state index is 11.7. The Balaban J connectivity index is 1.74. The minimum absolute atomic E-state index is 0.191. The number of fused-ring (bicyclic) bond motifs is 1. The van der Waals surface area contributed by atoms with Crippen LogP contribution in [0.25, 0.3) is 33.3 Å². The first-order valence-electron chi connectivity index (χ1n) is 8.53. The number of benzene rings is 3. The van der Waals surface area contributed by atoms with Gasteiger partial charge in [-0.25, -0.2) is 9.48 Å². The molecule has 27 heavy (non-hydrogen) atoms. The lowest BCUT2D eigenvalue weighted by Gasteiger charge is -2.08. The minimum Gasteiger partial charge on any atom is -0.478 e. The van der Waals surface area contributed by atoms with Crippen LogP contribution in [0, 0.1) is 0 Å². The van der Waals surface area contributed by atoms with Crippen LogP contribution in [0.4, 0.5) is 0 Å². The Bertz CT molecular complexity index is 1130. The van der Waals surface area contributed by atoms with Crippen molar-refractivity contribution >= 4 is 17.0 Å². The average Bonchev–Trinajstić information content (AvgIpc) is 3.08. The van der Waals surface area contributed by atoms with Gasteiger partial charge in [-0.1, -0.05) is 53.7 Å². The summed E-state index contributed by atoms with van der Waals surface area (Å²) in [5.74, 6) is -0.996. The van der Waals surface area contributed by atoms with Gasteiger partial charge in [-0.3, -0.25) is 0 Å². The third-order valence-corrected chi connectivity index (χ3v) is 4.67. The van der Waals surface area contributed by atoms with E-state index in [9.17, 15) is 9.90 Å². The van der Waals surface area contributed by atoms with Crippen molar-refractivity contribution < 1.29 is 9.90 Å². The van der Waals surface area contributed by atoms with Crippen molar-refractivity contribution in [3.8, 4) is 22.3 Å². The first-order chi connectivity index (χ1) is 13.1. The van der Waals surface area contributed by atoms with E-state index < -0.39 is 5.97 Å². The zero-order chi connectivity index (χ0) is 19.0. The minimum atomic E-state index is -0.996. The number of carboxylic acid groups (broad SMARTS) is 1. The van der Waals surface area contributed by atoms with Gasteiger partial charge in [-0.05, 0) is 39.9 Å². The molecule has 0 amide bonds. The number of hydrogen-bond acceptors (Lipinski definition) is 4. The highest BCUT2D eigenvalue weighted by atomic mass is 16.4. The second-order valence-electron chi connectivity index (χ2n) is 6.39. The maximum Gasteiger partial charge on any atom is 0.337 e. The second-order valence-corrected chi connectivity index (χ2v) is 6.39. The van der Waals surface area contributed by atoms with Crippen molar-refractivity contribution in [2.75, 3.05) is 0 Å². The van der Waals surface area contributed by atoms with Crippen LogP contribution in [0.3, 0.4) is 0 Å². The summed E-state index contributed by atoms with van der Waals surface area (Å²) in [6.07, 6.45) is 0. The smallest absolute Gasteiger partial charge is 0.337 e. The molecule has 0 aliphatic heterocycles. The first kappa shape index (κ1) is 16.9. The predicted molar refractivity (Wildman–Crippen MR) is 104 cm³/mol. The molecule has 0 bridgehead atoms. The molecule has 0 aliphatic rings. The number of carbonyl (C=O) groups is 1. The Morgan fingerprint density at radius 2 is 1.52 bits per heavy atom. The van der Waals surface area contributed by atoms with Crippen LogP contribution in [0.1, 0.15) is 15.9 Å². The molecule has 3 aromatic carbocycles. The van der Waals surface area contributed by atoms with Gasteiger partial charge in [0.15, 0.2) is 0 Å². The lowest BCUT2D eigenvalue weighted by atomic mass is 9.98. The van der Waals surface area contributed by atoms with Crippen LogP contribution in [0.2, 0.25) is 0 Å².